The van der Waals surface area contributed by atoms with Crippen molar-refractivity contribution in [2.45, 2.75) is 77.6 Å². The number of benzene rings is 1. The summed E-state index contributed by atoms with van der Waals surface area (Å²) in [6.45, 7) is 4.58. The van der Waals surface area contributed by atoms with Crippen LogP contribution in [0.5, 0.6) is 0 Å². The molecule has 18 heavy (non-hydrogen) atoms. The first-order chi connectivity index (χ1) is 8.88. The zero-order valence-electron chi connectivity index (χ0n) is 12.3. The molecular formula is C18H29. The molecule has 0 fully saturated rings. The highest BCUT2D eigenvalue weighted by atomic mass is 14.1. The maximum absolute atomic E-state index is 3.39. The van der Waals surface area contributed by atoms with Crippen LogP contribution < -0.4 is 0 Å². The predicted octanol–water partition coefficient (Wildman–Crippen LogP) is 6.12. The first-order valence-electron chi connectivity index (χ1n) is 7.85. The quantitative estimate of drug-likeness (QED) is 0.435. The third-order valence-corrected chi connectivity index (χ3v) is 3.82. The maximum Gasteiger partial charge on any atom is -0.0146 e. The average molecular weight is 245 g/mol. The maximum atomic E-state index is 3.39. The largest absolute Gasteiger partial charge is 0.0654 e. The second kappa shape index (κ2) is 10.2. The van der Waals surface area contributed by atoms with Gasteiger partial charge in [0.2, 0.25) is 0 Å². The van der Waals surface area contributed by atoms with E-state index in [2.05, 4.69) is 38.1 Å². The monoisotopic (exact) mass is 245 g/mol. The Balaban J connectivity index is 2.13. The molecule has 1 rings (SSSR count). The molecule has 0 N–H and O–H groups in total. The van der Waals surface area contributed by atoms with Crippen LogP contribution in [0.1, 0.15) is 83.1 Å². The molecule has 0 aliphatic heterocycles. The van der Waals surface area contributed by atoms with Gasteiger partial charge in [-0.2, -0.15) is 0 Å². The highest BCUT2D eigenvalue weighted by Gasteiger charge is 2.08. The molecule has 0 nitrogen and oxygen atoms in total. The summed E-state index contributed by atoms with van der Waals surface area (Å²) in [5.74, 6) is 0.724. The van der Waals surface area contributed by atoms with Crippen LogP contribution in [0, 0.1) is 6.07 Å². The fraction of sp³-hybridized carbons (Fsp3) is 0.667. The topological polar surface area (TPSA) is 0 Å². The molecule has 1 aromatic carbocycles. The standard InChI is InChI=1S/C18H29/c1-3-5-6-7-8-9-11-14-17(4-2)18-15-12-10-13-16-18/h10,12-13,15,17H,3-9,11,14H2,1-2H3. The first kappa shape index (κ1) is 15.3. The summed E-state index contributed by atoms with van der Waals surface area (Å²) < 4.78 is 0. The zero-order valence-corrected chi connectivity index (χ0v) is 12.3. The van der Waals surface area contributed by atoms with E-state index < -0.39 is 0 Å². The summed E-state index contributed by atoms with van der Waals surface area (Å²) in [6, 6.07) is 11.9. The van der Waals surface area contributed by atoms with Crippen molar-refractivity contribution in [2.24, 2.45) is 0 Å². The molecule has 0 saturated carbocycles. The minimum Gasteiger partial charge on any atom is -0.0654 e. The summed E-state index contributed by atoms with van der Waals surface area (Å²) in [7, 11) is 0. The number of hydrogen-bond acceptors (Lipinski definition) is 0. The van der Waals surface area contributed by atoms with E-state index in [1.54, 1.807) is 0 Å². The molecule has 0 saturated heterocycles. The Labute approximate surface area is 114 Å². The van der Waals surface area contributed by atoms with Gasteiger partial charge in [-0.1, -0.05) is 83.1 Å². The number of hydrogen-bond donors (Lipinski definition) is 0. The second-order valence-corrected chi connectivity index (χ2v) is 5.33. The van der Waals surface area contributed by atoms with Crippen molar-refractivity contribution in [3.63, 3.8) is 0 Å². The van der Waals surface area contributed by atoms with Gasteiger partial charge in [-0.3, -0.25) is 0 Å². The lowest BCUT2D eigenvalue weighted by Gasteiger charge is -2.14. The van der Waals surface area contributed by atoms with Gasteiger partial charge in [0.05, 0.1) is 0 Å². The molecule has 0 spiro atoms. The van der Waals surface area contributed by atoms with Gasteiger partial charge in [-0.15, -0.1) is 0 Å². The molecule has 0 aliphatic rings. The highest BCUT2D eigenvalue weighted by molar-refractivity contribution is 5.17. The Morgan fingerprint density at radius 3 is 2.28 bits per heavy atom. The van der Waals surface area contributed by atoms with Crippen molar-refractivity contribution in [2.75, 3.05) is 0 Å². The minimum absolute atomic E-state index is 0.724. The van der Waals surface area contributed by atoms with Crippen LogP contribution in [-0.2, 0) is 0 Å². The highest BCUT2D eigenvalue weighted by Crippen LogP contribution is 2.25. The molecule has 0 aliphatic carbocycles. The summed E-state index contributed by atoms with van der Waals surface area (Å²) in [4.78, 5) is 0. The van der Waals surface area contributed by atoms with Crippen molar-refractivity contribution in [1.82, 2.24) is 0 Å². The zero-order chi connectivity index (χ0) is 13.1. The second-order valence-electron chi connectivity index (χ2n) is 5.33. The van der Waals surface area contributed by atoms with Crippen LogP contribution >= 0.6 is 0 Å². The average Bonchev–Trinajstić information content (AvgIpc) is 2.43. The van der Waals surface area contributed by atoms with E-state index in [0.717, 1.165) is 5.92 Å². The van der Waals surface area contributed by atoms with Crippen LogP contribution in [0.25, 0.3) is 0 Å². The van der Waals surface area contributed by atoms with Crippen LogP contribution in [0.15, 0.2) is 24.3 Å². The van der Waals surface area contributed by atoms with Crippen molar-refractivity contribution >= 4 is 0 Å². The van der Waals surface area contributed by atoms with E-state index in [1.807, 2.05) is 6.07 Å². The lowest BCUT2D eigenvalue weighted by molar-refractivity contribution is 0.525. The van der Waals surface area contributed by atoms with Crippen LogP contribution in [0.4, 0.5) is 0 Å². The Morgan fingerprint density at radius 1 is 0.944 bits per heavy atom. The van der Waals surface area contributed by atoms with E-state index in [1.165, 1.54) is 63.4 Å². The smallest absolute Gasteiger partial charge is 0.0146 e. The van der Waals surface area contributed by atoms with Gasteiger partial charge in [0.15, 0.2) is 0 Å². The van der Waals surface area contributed by atoms with Gasteiger partial charge in [-0.05, 0) is 30.4 Å². The van der Waals surface area contributed by atoms with Gasteiger partial charge in [0.1, 0.15) is 0 Å². The fourth-order valence-corrected chi connectivity index (χ4v) is 2.59. The summed E-state index contributed by atoms with van der Waals surface area (Å²) >= 11 is 0. The Kier molecular flexibility index (Phi) is 8.63. The van der Waals surface area contributed by atoms with Gasteiger partial charge in [0, 0.05) is 0 Å². The third kappa shape index (κ3) is 6.23. The lowest BCUT2D eigenvalue weighted by Crippen LogP contribution is -1.97. The lowest BCUT2D eigenvalue weighted by atomic mass is 9.91. The van der Waals surface area contributed by atoms with Crippen molar-refractivity contribution in [1.29, 1.82) is 0 Å². The van der Waals surface area contributed by atoms with Crippen LogP contribution in [0.3, 0.4) is 0 Å². The van der Waals surface area contributed by atoms with E-state index in [0.29, 0.717) is 0 Å². The molecular weight excluding hydrogens is 216 g/mol. The van der Waals surface area contributed by atoms with E-state index in [9.17, 15) is 0 Å². The normalized spacial score (nSPS) is 12.6. The molecule has 0 aromatic heterocycles. The van der Waals surface area contributed by atoms with Gasteiger partial charge < -0.3 is 0 Å². The first-order valence-corrected chi connectivity index (χ1v) is 7.85. The van der Waals surface area contributed by atoms with Crippen molar-refractivity contribution in [3.05, 3.63) is 35.9 Å². The van der Waals surface area contributed by atoms with Crippen molar-refractivity contribution < 1.29 is 0 Å². The number of rotatable bonds is 10. The molecule has 0 amide bonds. The SMILES string of the molecule is CCCCCCCCCC(CC)c1[c]cccc1. The fourth-order valence-electron chi connectivity index (χ4n) is 2.59. The van der Waals surface area contributed by atoms with Crippen LogP contribution in [0.2, 0.25) is 0 Å². The third-order valence-electron chi connectivity index (χ3n) is 3.82. The van der Waals surface area contributed by atoms with Crippen LogP contribution in [-0.4, -0.2) is 0 Å². The molecule has 0 bridgehead atoms. The number of unbranched alkanes of at least 4 members (excludes halogenated alkanes) is 6. The van der Waals surface area contributed by atoms with E-state index >= 15 is 0 Å². The van der Waals surface area contributed by atoms with E-state index in [-0.39, 0.29) is 0 Å². The summed E-state index contributed by atoms with van der Waals surface area (Å²) in [5.41, 5.74) is 1.41. The summed E-state index contributed by atoms with van der Waals surface area (Å²) in [5, 5.41) is 0. The summed E-state index contributed by atoms with van der Waals surface area (Å²) in [6.07, 6.45) is 12.4. The Bertz CT molecular complexity index is 275. The minimum atomic E-state index is 0.724. The molecule has 1 atom stereocenters. The molecule has 0 heterocycles. The van der Waals surface area contributed by atoms with E-state index in [4.69, 9.17) is 0 Å². The predicted molar refractivity (Wildman–Crippen MR) is 80.9 cm³/mol. The molecule has 0 heteroatoms. The Hall–Kier alpha value is -0.780. The van der Waals surface area contributed by atoms with Gasteiger partial charge in [-0.25, -0.2) is 0 Å². The van der Waals surface area contributed by atoms with Gasteiger partial charge in [0.25, 0.3) is 0 Å². The van der Waals surface area contributed by atoms with Gasteiger partial charge >= 0.3 is 0 Å². The molecule has 1 radical (unpaired) electrons. The molecule has 1 aromatic rings. The molecule has 1 unspecified atom stereocenters. The molecule has 101 valence electrons. The van der Waals surface area contributed by atoms with Crippen molar-refractivity contribution in [3.8, 4) is 0 Å². The Morgan fingerprint density at radius 2 is 1.67 bits per heavy atom.